The van der Waals surface area contributed by atoms with Crippen LogP contribution < -0.4 is 5.32 Å². The third-order valence-corrected chi connectivity index (χ3v) is 5.33. The van der Waals surface area contributed by atoms with Crippen LogP contribution in [0.25, 0.3) is 0 Å². The van der Waals surface area contributed by atoms with Gasteiger partial charge in [0.15, 0.2) is 0 Å². The van der Waals surface area contributed by atoms with Gasteiger partial charge in [-0.05, 0) is 54.9 Å². The molecule has 2 rings (SSSR count). The normalized spacial score (nSPS) is 23.8. The number of likely N-dealkylation sites (tertiary alicyclic amines) is 1. The molecule has 2 nitrogen and oxygen atoms in total. The Morgan fingerprint density at radius 3 is 3.12 bits per heavy atom. The third-order valence-electron chi connectivity index (χ3n) is 3.45. The molecule has 0 saturated carbocycles. The molecular formula is C13H21BrN2S. The number of rotatable bonds is 4. The van der Waals surface area contributed by atoms with Crippen LogP contribution in [-0.2, 0) is 0 Å². The van der Waals surface area contributed by atoms with E-state index in [9.17, 15) is 0 Å². The summed E-state index contributed by atoms with van der Waals surface area (Å²) in [6.45, 7) is 8.17. The van der Waals surface area contributed by atoms with Gasteiger partial charge in [0, 0.05) is 33.4 Å². The maximum atomic E-state index is 3.76. The first-order valence-electron chi connectivity index (χ1n) is 6.41. The highest BCUT2D eigenvalue weighted by Crippen LogP contribution is 2.26. The monoisotopic (exact) mass is 316 g/mol. The Balaban J connectivity index is 1.87. The van der Waals surface area contributed by atoms with Crippen LogP contribution in [0.5, 0.6) is 0 Å². The minimum atomic E-state index is 0.466. The van der Waals surface area contributed by atoms with Crippen molar-refractivity contribution >= 4 is 27.3 Å². The third kappa shape index (κ3) is 3.78. The minimum Gasteiger partial charge on any atom is -0.305 e. The van der Waals surface area contributed by atoms with Gasteiger partial charge in [-0.3, -0.25) is 0 Å². The van der Waals surface area contributed by atoms with E-state index in [2.05, 4.69) is 51.4 Å². The Kier molecular flexibility index (Phi) is 5.03. The van der Waals surface area contributed by atoms with Crippen molar-refractivity contribution < 1.29 is 0 Å². The molecule has 1 aromatic rings. The fourth-order valence-electron chi connectivity index (χ4n) is 2.47. The van der Waals surface area contributed by atoms with Crippen molar-refractivity contribution in [2.45, 2.75) is 38.8 Å². The summed E-state index contributed by atoms with van der Waals surface area (Å²) in [7, 11) is 0. The Labute approximate surface area is 117 Å². The average Bonchev–Trinajstić information content (AvgIpc) is 2.76. The molecule has 0 spiro atoms. The number of nitrogens with one attached hydrogen (secondary N) is 1. The first-order valence-corrected chi connectivity index (χ1v) is 8.08. The Morgan fingerprint density at radius 1 is 1.65 bits per heavy atom. The lowest BCUT2D eigenvalue weighted by Gasteiger charge is -2.33. The highest BCUT2D eigenvalue weighted by molar-refractivity contribution is 9.10. The van der Waals surface area contributed by atoms with Crippen LogP contribution in [0, 0.1) is 0 Å². The van der Waals surface area contributed by atoms with E-state index < -0.39 is 0 Å². The average molecular weight is 317 g/mol. The standard InChI is InChI=1S/C13H21BrN2S/c1-3-16-6-4-5-12(8-16)15-10(2)13-7-11(14)9-17-13/h7,9-10,12,15H,3-6,8H2,1-2H3. The van der Waals surface area contributed by atoms with Gasteiger partial charge in [0.2, 0.25) is 0 Å². The van der Waals surface area contributed by atoms with Crippen LogP contribution in [0.15, 0.2) is 15.9 Å². The number of nitrogens with zero attached hydrogens (tertiary/aromatic N) is 1. The minimum absolute atomic E-state index is 0.466. The van der Waals surface area contributed by atoms with E-state index >= 15 is 0 Å². The van der Waals surface area contributed by atoms with Crippen molar-refractivity contribution in [2.24, 2.45) is 0 Å². The van der Waals surface area contributed by atoms with E-state index in [1.165, 1.54) is 41.8 Å². The van der Waals surface area contributed by atoms with Gasteiger partial charge in [-0.25, -0.2) is 0 Å². The molecule has 1 fully saturated rings. The number of thiophene rings is 1. The Bertz CT molecular complexity index is 353. The summed E-state index contributed by atoms with van der Waals surface area (Å²) in [5.74, 6) is 0. The van der Waals surface area contributed by atoms with E-state index in [0.29, 0.717) is 12.1 Å². The number of hydrogen-bond acceptors (Lipinski definition) is 3. The zero-order valence-corrected chi connectivity index (χ0v) is 13.0. The van der Waals surface area contributed by atoms with Gasteiger partial charge in [0.25, 0.3) is 0 Å². The zero-order valence-electron chi connectivity index (χ0n) is 10.6. The van der Waals surface area contributed by atoms with Crippen molar-refractivity contribution in [1.29, 1.82) is 0 Å². The van der Waals surface area contributed by atoms with Crippen molar-refractivity contribution in [1.82, 2.24) is 10.2 Å². The van der Waals surface area contributed by atoms with Crippen LogP contribution >= 0.6 is 27.3 Å². The first kappa shape index (κ1) is 13.5. The predicted octanol–water partition coefficient (Wildman–Crippen LogP) is 3.65. The Hall–Kier alpha value is 0.1000. The largest absolute Gasteiger partial charge is 0.305 e. The lowest BCUT2D eigenvalue weighted by Crippen LogP contribution is -2.46. The lowest BCUT2D eigenvalue weighted by molar-refractivity contribution is 0.192. The maximum Gasteiger partial charge on any atom is 0.0389 e. The van der Waals surface area contributed by atoms with E-state index in [-0.39, 0.29) is 0 Å². The van der Waals surface area contributed by atoms with Crippen molar-refractivity contribution in [3.8, 4) is 0 Å². The quantitative estimate of drug-likeness (QED) is 0.912. The molecule has 1 aliphatic rings. The summed E-state index contributed by atoms with van der Waals surface area (Å²) in [4.78, 5) is 3.96. The summed E-state index contributed by atoms with van der Waals surface area (Å²) >= 11 is 5.35. The molecule has 2 heterocycles. The van der Waals surface area contributed by atoms with E-state index in [1.807, 2.05) is 11.3 Å². The van der Waals surface area contributed by atoms with E-state index in [0.717, 1.165) is 0 Å². The number of hydrogen-bond donors (Lipinski definition) is 1. The van der Waals surface area contributed by atoms with Crippen LogP contribution in [-0.4, -0.2) is 30.6 Å². The summed E-state index contributed by atoms with van der Waals surface area (Å²) in [6.07, 6.45) is 2.64. The molecule has 0 bridgehead atoms. The summed E-state index contributed by atoms with van der Waals surface area (Å²) in [5, 5.41) is 5.92. The topological polar surface area (TPSA) is 15.3 Å². The molecule has 0 radical (unpaired) electrons. The smallest absolute Gasteiger partial charge is 0.0389 e. The van der Waals surface area contributed by atoms with Crippen LogP contribution in [0.4, 0.5) is 0 Å². The van der Waals surface area contributed by atoms with Gasteiger partial charge < -0.3 is 10.2 Å². The summed E-state index contributed by atoms with van der Waals surface area (Å²) < 4.78 is 1.20. The fourth-order valence-corrected chi connectivity index (χ4v) is 3.93. The van der Waals surface area contributed by atoms with Crippen LogP contribution in [0.2, 0.25) is 0 Å². The van der Waals surface area contributed by atoms with Crippen molar-refractivity contribution in [3.63, 3.8) is 0 Å². The SMILES string of the molecule is CCN1CCCC(NC(C)c2cc(Br)cs2)C1. The lowest BCUT2D eigenvalue weighted by atomic mass is 10.0. The van der Waals surface area contributed by atoms with Gasteiger partial charge >= 0.3 is 0 Å². The van der Waals surface area contributed by atoms with Crippen LogP contribution in [0.3, 0.4) is 0 Å². The number of likely N-dealkylation sites (N-methyl/N-ethyl adjacent to an activating group) is 1. The predicted molar refractivity (Wildman–Crippen MR) is 78.7 cm³/mol. The number of halogens is 1. The fraction of sp³-hybridized carbons (Fsp3) is 0.692. The molecule has 4 heteroatoms. The second-order valence-electron chi connectivity index (χ2n) is 4.79. The highest BCUT2D eigenvalue weighted by atomic mass is 79.9. The molecule has 2 unspecified atom stereocenters. The molecule has 0 amide bonds. The van der Waals surface area contributed by atoms with Gasteiger partial charge in [-0.1, -0.05) is 6.92 Å². The Morgan fingerprint density at radius 2 is 2.47 bits per heavy atom. The van der Waals surface area contributed by atoms with Gasteiger partial charge in [-0.15, -0.1) is 11.3 Å². The molecule has 1 N–H and O–H groups in total. The van der Waals surface area contributed by atoms with Crippen molar-refractivity contribution in [3.05, 3.63) is 20.8 Å². The molecule has 0 aromatic carbocycles. The summed E-state index contributed by atoms with van der Waals surface area (Å²) in [6, 6.07) is 3.34. The number of piperidine rings is 1. The van der Waals surface area contributed by atoms with Gasteiger partial charge in [0.05, 0.1) is 0 Å². The zero-order chi connectivity index (χ0) is 12.3. The van der Waals surface area contributed by atoms with E-state index in [4.69, 9.17) is 0 Å². The first-order chi connectivity index (χ1) is 8.19. The molecular weight excluding hydrogens is 296 g/mol. The molecule has 0 aliphatic carbocycles. The second kappa shape index (κ2) is 6.32. The molecule has 1 aromatic heterocycles. The van der Waals surface area contributed by atoms with Crippen LogP contribution in [0.1, 0.15) is 37.6 Å². The second-order valence-corrected chi connectivity index (χ2v) is 6.65. The maximum absolute atomic E-state index is 3.76. The molecule has 1 aliphatic heterocycles. The molecule has 2 atom stereocenters. The van der Waals surface area contributed by atoms with Gasteiger partial charge in [0.1, 0.15) is 0 Å². The highest BCUT2D eigenvalue weighted by Gasteiger charge is 2.20. The van der Waals surface area contributed by atoms with Crippen molar-refractivity contribution in [2.75, 3.05) is 19.6 Å². The molecule has 17 heavy (non-hydrogen) atoms. The molecule has 1 saturated heterocycles. The summed E-state index contributed by atoms with van der Waals surface area (Å²) in [5.41, 5.74) is 0. The van der Waals surface area contributed by atoms with E-state index in [1.54, 1.807) is 0 Å². The van der Waals surface area contributed by atoms with Gasteiger partial charge in [-0.2, -0.15) is 0 Å². The molecule has 96 valence electrons.